The molecule has 25 heavy (non-hydrogen) atoms. The van der Waals surface area contributed by atoms with Gasteiger partial charge in [-0.2, -0.15) is 4.98 Å². The zero-order chi connectivity index (χ0) is 18.4. The number of nitrogens with two attached hydrogens (primary N) is 1. The number of carboxylic acids is 1. The second kappa shape index (κ2) is 8.17. The van der Waals surface area contributed by atoms with Gasteiger partial charge in [0.05, 0.1) is 18.3 Å². The van der Waals surface area contributed by atoms with Crippen molar-refractivity contribution in [2.45, 2.75) is 31.7 Å². The molecule has 6 N–H and O–H groups in total. The van der Waals surface area contributed by atoms with Crippen LogP contribution in [0.2, 0.25) is 0 Å². The second-order valence-corrected chi connectivity index (χ2v) is 5.16. The Labute approximate surface area is 142 Å². The Balaban J connectivity index is 1.91. The maximum Gasteiger partial charge on any atom is 0.328 e. The van der Waals surface area contributed by atoms with Crippen LogP contribution in [-0.2, 0) is 11.3 Å². The van der Waals surface area contributed by atoms with Crippen LogP contribution in [0.15, 0.2) is 28.9 Å². The summed E-state index contributed by atoms with van der Waals surface area (Å²) in [6.07, 6.45) is 0.331. The van der Waals surface area contributed by atoms with E-state index >= 15 is 0 Å². The molecule has 0 fully saturated rings. The molecule has 0 spiro atoms. The van der Waals surface area contributed by atoms with Crippen molar-refractivity contribution in [3.05, 3.63) is 41.8 Å². The number of nitrogens with one attached hydrogen (secondary N) is 2. The first-order valence-corrected chi connectivity index (χ1v) is 7.32. The van der Waals surface area contributed by atoms with Crippen molar-refractivity contribution in [3.8, 4) is 0 Å². The Bertz CT molecular complexity index is 720. The summed E-state index contributed by atoms with van der Waals surface area (Å²) < 4.78 is 4.98. The summed E-state index contributed by atoms with van der Waals surface area (Å²) >= 11 is 0. The Hall–Kier alpha value is -3.05. The number of nitrogens with zero attached hydrogens (tertiary/aromatic N) is 3. The topological polar surface area (TPSA) is 176 Å². The third kappa shape index (κ3) is 4.96. The number of urea groups is 1. The largest absolute Gasteiger partial charge is 0.480 e. The van der Waals surface area contributed by atoms with E-state index in [1.807, 2.05) is 0 Å². The first-order chi connectivity index (χ1) is 11.9. The molecule has 134 valence electrons. The number of carboxylic acid groups (broad SMARTS) is 1. The van der Waals surface area contributed by atoms with E-state index in [4.69, 9.17) is 15.4 Å². The van der Waals surface area contributed by atoms with Crippen LogP contribution in [0, 0.1) is 0 Å². The number of carbonyl (C=O) groups is 2. The molecular weight excluding hydrogens is 332 g/mol. The fourth-order valence-electron chi connectivity index (χ4n) is 1.90. The van der Waals surface area contributed by atoms with Gasteiger partial charge in [0.1, 0.15) is 6.04 Å². The smallest absolute Gasteiger partial charge is 0.328 e. The number of aliphatic hydroxyl groups is 1. The van der Waals surface area contributed by atoms with Gasteiger partial charge in [-0.05, 0) is 19.1 Å². The lowest BCUT2D eigenvalue weighted by Crippen LogP contribution is -2.51. The van der Waals surface area contributed by atoms with Gasteiger partial charge < -0.3 is 31.1 Å². The number of hydrogen-bond donors (Lipinski definition) is 5. The predicted octanol–water partition coefficient (Wildman–Crippen LogP) is -0.854. The van der Waals surface area contributed by atoms with Gasteiger partial charge in [-0.1, -0.05) is 11.2 Å². The molecule has 11 nitrogen and oxygen atoms in total. The van der Waals surface area contributed by atoms with Crippen LogP contribution < -0.4 is 16.4 Å². The van der Waals surface area contributed by atoms with Crippen molar-refractivity contribution in [2.75, 3.05) is 0 Å². The fourth-order valence-corrected chi connectivity index (χ4v) is 1.90. The molecule has 11 heteroatoms. The summed E-state index contributed by atoms with van der Waals surface area (Å²) in [6, 6.07) is 2.32. The Morgan fingerprint density at radius 3 is 2.76 bits per heavy atom. The lowest BCUT2D eigenvalue weighted by atomic mass is 10.2. The van der Waals surface area contributed by atoms with E-state index in [-0.39, 0.29) is 18.3 Å². The molecule has 3 unspecified atom stereocenters. The molecule has 3 atom stereocenters. The van der Waals surface area contributed by atoms with Gasteiger partial charge >= 0.3 is 12.0 Å². The van der Waals surface area contributed by atoms with Gasteiger partial charge in [-0.25, -0.2) is 9.59 Å². The van der Waals surface area contributed by atoms with E-state index in [2.05, 4.69) is 25.8 Å². The quantitative estimate of drug-likeness (QED) is 0.425. The molecule has 0 aliphatic rings. The lowest BCUT2D eigenvalue weighted by Gasteiger charge is -2.16. The van der Waals surface area contributed by atoms with Gasteiger partial charge in [-0.15, -0.1) is 0 Å². The van der Waals surface area contributed by atoms with Gasteiger partial charge in [-0.3, -0.25) is 4.98 Å². The fraction of sp³-hybridized carbons (Fsp3) is 0.357. The van der Waals surface area contributed by atoms with Gasteiger partial charge in [0.2, 0.25) is 5.89 Å². The van der Waals surface area contributed by atoms with E-state index < -0.39 is 30.2 Å². The maximum atomic E-state index is 11.7. The van der Waals surface area contributed by atoms with E-state index in [0.29, 0.717) is 5.69 Å². The summed E-state index contributed by atoms with van der Waals surface area (Å²) in [6.45, 7) is 1.11. The van der Waals surface area contributed by atoms with Crippen LogP contribution in [0.4, 0.5) is 4.79 Å². The summed E-state index contributed by atoms with van der Waals surface area (Å²) in [7, 11) is 0. The first-order valence-electron chi connectivity index (χ1n) is 7.32. The predicted molar refractivity (Wildman–Crippen MR) is 83.0 cm³/mol. The average Bonchev–Trinajstić information content (AvgIpc) is 3.06. The zero-order valence-electron chi connectivity index (χ0n) is 13.3. The van der Waals surface area contributed by atoms with Gasteiger partial charge in [0.15, 0.2) is 11.9 Å². The van der Waals surface area contributed by atoms with Crippen molar-refractivity contribution in [1.82, 2.24) is 25.8 Å². The molecular formula is C14H18N6O5. The van der Waals surface area contributed by atoms with Crippen molar-refractivity contribution in [3.63, 3.8) is 0 Å². The van der Waals surface area contributed by atoms with Crippen LogP contribution in [0.3, 0.4) is 0 Å². The van der Waals surface area contributed by atoms with Crippen molar-refractivity contribution in [2.24, 2.45) is 5.73 Å². The SMILES string of the molecule is CC(O)C(NC(=O)NCc1nc(C(N)c2ccccn2)no1)C(=O)O. The molecule has 2 amide bonds. The monoisotopic (exact) mass is 350 g/mol. The number of aromatic nitrogens is 3. The summed E-state index contributed by atoms with van der Waals surface area (Å²) in [4.78, 5) is 30.7. The molecule has 0 aliphatic heterocycles. The second-order valence-electron chi connectivity index (χ2n) is 5.16. The van der Waals surface area contributed by atoms with Crippen molar-refractivity contribution < 1.29 is 24.3 Å². The summed E-state index contributed by atoms with van der Waals surface area (Å²) in [5, 5.41) is 26.4. The number of carbonyl (C=O) groups excluding carboxylic acids is 1. The molecule has 2 heterocycles. The number of aliphatic hydroxyl groups excluding tert-OH is 1. The van der Waals surface area contributed by atoms with Gasteiger partial charge in [0, 0.05) is 6.20 Å². The number of aliphatic carboxylic acids is 1. The van der Waals surface area contributed by atoms with Crippen LogP contribution in [-0.4, -0.2) is 49.5 Å². The van der Waals surface area contributed by atoms with Crippen LogP contribution >= 0.6 is 0 Å². The Kier molecular flexibility index (Phi) is 5.98. The minimum absolute atomic E-state index is 0.0838. The number of pyridine rings is 1. The molecule has 0 aromatic carbocycles. The molecule has 0 aliphatic carbocycles. The highest BCUT2D eigenvalue weighted by Gasteiger charge is 2.25. The highest BCUT2D eigenvalue weighted by molar-refractivity contribution is 5.82. The normalized spacial score (nSPS) is 14.4. The molecule has 0 saturated carbocycles. The van der Waals surface area contributed by atoms with E-state index in [1.165, 1.54) is 6.92 Å². The highest BCUT2D eigenvalue weighted by Crippen LogP contribution is 2.14. The van der Waals surface area contributed by atoms with E-state index in [0.717, 1.165) is 0 Å². The molecule has 0 saturated heterocycles. The molecule has 2 aromatic rings. The third-order valence-corrected chi connectivity index (χ3v) is 3.20. The highest BCUT2D eigenvalue weighted by atomic mass is 16.5. The summed E-state index contributed by atoms with van der Waals surface area (Å²) in [5.41, 5.74) is 6.54. The first kappa shape index (κ1) is 18.3. The van der Waals surface area contributed by atoms with E-state index in [9.17, 15) is 14.7 Å². The number of rotatable bonds is 7. The van der Waals surface area contributed by atoms with E-state index in [1.54, 1.807) is 24.4 Å². The van der Waals surface area contributed by atoms with Crippen LogP contribution in [0.25, 0.3) is 0 Å². The van der Waals surface area contributed by atoms with Crippen molar-refractivity contribution >= 4 is 12.0 Å². The summed E-state index contributed by atoms with van der Waals surface area (Å²) in [5.74, 6) is -1.07. The molecule has 2 rings (SSSR count). The Morgan fingerprint density at radius 1 is 1.40 bits per heavy atom. The zero-order valence-corrected chi connectivity index (χ0v) is 13.3. The minimum atomic E-state index is -1.43. The lowest BCUT2D eigenvalue weighted by molar-refractivity contribution is -0.141. The maximum absolute atomic E-state index is 11.7. The third-order valence-electron chi connectivity index (χ3n) is 3.20. The average molecular weight is 350 g/mol. The molecule has 0 radical (unpaired) electrons. The number of hydrogen-bond acceptors (Lipinski definition) is 8. The minimum Gasteiger partial charge on any atom is -0.480 e. The van der Waals surface area contributed by atoms with Gasteiger partial charge in [0.25, 0.3) is 0 Å². The van der Waals surface area contributed by atoms with Crippen LogP contribution in [0.1, 0.15) is 30.4 Å². The van der Waals surface area contributed by atoms with Crippen LogP contribution in [0.5, 0.6) is 0 Å². The molecule has 2 aromatic heterocycles. The number of amides is 2. The molecule has 0 bridgehead atoms. The Morgan fingerprint density at radius 2 is 2.16 bits per heavy atom. The van der Waals surface area contributed by atoms with Crippen molar-refractivity contribution in [1.29, 1.82) is 0 Å². The standard InChI is InChI=1S/C14H18N6O5/c1-7(21)11(13(22)23)19-14(24)17-6-9-18-12(20-25-9)10(15)8-4-2-3-5-16-8/h2-5,7,10-11,21H,6,15H2,1H3,(H,22,23)(H2,17,19,24).